The molecule has 12 heavy (non-hydrogen) atoms. The SMILES string of the molecule is CC(O)Cc1cc(Cl)cnc1F. The molecule has 0 saturated heterocycles. The minimum Gasteiger partial charge on any atom is -0.393 e. The molecule has 1 aromatic rings. The maximum Gasteiger partial charge on any atom is 0.216 e. The molecule has 4 heteroatoms. The number of hydrogen-bond donors (Lipinski definition) is 1. The molecule has 1 rings (SSSR count). The Morgan fingerprint density at radius 3 is 3.00 bits per heavy atom. The van der Waals surface area contributed by atoms with E-state index >= 15 is 0 Å². The summed E-state index contributed by atoms with van der Waals surface area (Å²) in [6.07, 6.45) is 0.890. The molecule has 1 aromatic heterocycles. The number of rotatable bonds is 2. The summed E-state index contributed by atoms with van der Waals surface area (Å²) in [6.45, 7) is 1.58. The zero-order chi connectivity index (χ0) is 9.14. The summed E-state index contributed by atoms with van der Waals surface area (Å²) in [7, 11) is 0. The van der Waals surface area contributed by atoms with E-state index in [0.29, 0.717) is 10.6 Å². The Morgan fingerprint density at radius 2 is 2.42 bits per heavy atom. The van der Waals surface area contributed by atoms with Crippen LogP contribution in [0, 0.1) is 5.95 Å². The van der Waals surface area contributed by atoms with Gasteiger partial charge < -0.3 is 5.11 Å². The van der Waals surface area contributed by atoms with Gasteiger partial charge in [-0.05, 0) is 13.0 Å². The first-order valence-corrected chi connectivity index (χ1v) is 3.95. The van der Waals surface area contributed by atoms with Crippen molar-refractivity contribution in [1.29, 1.82) is 0 Å². The first-order valence-electron chi connectivity index (χ1n) is 3.57. The van der Waals surface area contributed by atoms with Crippen LogP contribution in [0.3, 0.4) is 0 Å². The Kier molecular flexibility index (Phi) is 3.00. The molecule has 0 saturated carbocycles. The summed E-state index contributed by atoms with van der Waals surface area (Å²) >= 11 is 5.59. The topological polar surface area (TPSA) is 33.1 Å². The van der Waals surface area contributed by atoms with E-state index < -0.39 is 12.1 Å². The van der Waals surface area contributed by atoms with Crippen LogP contribution in [0.1, 0.15) is 12.5 Å². The lowest BCUT2D eigenvalue weighted by molar-refractivity contribution is 0.193. The van der Waals surface area contributed by atoms with Gasteiger partial charge in [-0.3, -0.25) is 0 Å². The number of pyridine rings is 1. The van der Waals surface area contributed by atoms with Crippen LogP contribution < -0.4 is 0 Å². The Balaban J connectivity index is 2.90. The zero-order valence-electron chi connectivity index (χ0n) is 6.59. The Labute approximate surface area is 75.0 Å². The summed E-state index contributed by atoms with van der Waals surface area (Å²) in [6, 6.07) is 1.47. The summed E-state index contributed by atoms with van der Waals surface area (Å²) in [5.74, 6) is -0.569. The highest BCUT2D eigenvalue weighted by molar-refractivity contribution is 6.30. The molecule has 0 spiro atoms. The molecule has 2 nitrogen and oxygen atoms in total. The average molecular weight is 190 g/mol. The van der Waals surface area contributed by atoms with Gasteiger partial charge in [0.15, 0.2) is 0 Å². The van der Waals surface area contributed by atoms with Gasteiger partial charge in [0.05, 0.1) is 11.1 Å². The van der Waals surface area contributed by atoms with E-state index in [1.165, 1.54) is 12.3 Å². The molecule has 1 atom stereocenters. The van der Waals surface area contributed by atoms with Crippen molar-refractivity contribution >= 4 is 11.6 Å². The van der Waals surface area contributed by atoms with Gasteiger partial charge in [-0.25, -0.2) is 4.98 Å². The number of nitrogens with zero attached hydrogens (tertiary/aromatic N) is 1. The molecule has 0 aliphatic rings. The number of aliphatic hydroxyl groups excluding tert-OH is 1. The van der Waals surface area contributed by atoms with E-state index in [1.807, 2.05) is 0 Å². The van der Waals surface area contributed by atoms with Crippen molar-refractivity contribution in [2.45, 2.75) is 19.4 Å². The second kappa shape index (κ2) is 3.83. The maximum absolute atomic E-state index is 12.8. The molecule has 0 bridgehead atoms. The van der Waals surface area contributed by atoms with Crippen molar-refractivity contribution < 1.29 is 9.50 Å². The van der Waals surface area contributed by atoms with Gasteiger partial charge in [0.2, 0.25) is 5.95 Å². The second-order valence-electron chi connectivity index (χ2n) is 2.66. The van der Waals surface area contributed by atoms with E-state index in [1.54, 1.807) is 6.92 Å². The Hall–Kier alpha value is -0.670. The van der Waals surface area contributed by atoms with E-state index in [4.69, 9.17) is 16.7 Å². The molecule has 66 valence electrons. The molecule has 0 aromatic carbocycles. The van der Waals surface area contributed by atoms with Crippen molar-refractivity contribution in [1.82, 2.24) is 4.98 Å². The molecule has 0 aliphatic carbocycles. The van der Waals surface area contributed by atoms with Gasteiger partial charge in [-0.15, -0.1) is 0 Å². The van der Waals surface area contributed by atoms with Crippen LogP contribution in [-0.4, -0.2) is 16.2 Å². The lowest BCUT2D eigenvalue weighted by atomic mass is 10.1. The summed E-state index contributed by atoms with van der Waals surface area (Å²) in [4.78, 5) is 3.42. The van der Waals surface area contributed by atoms with Crippen molar-refractivity contribution in [2.24, 2.45) is 0 Å². The number of halogens is 2. The predicted octanol–water partition coefficient (Wildman–Crippen LogP) is 1.80. The quantitative estimate of drug-likeness (QED) is 0.720. The molecule has 0 radical (unpaired) electrons. The third-order valence-electron chi connectivity index (χ3n) is 1.39. The standard InChI is InChI=1S/C8H9ClFNO/c1-5(12)2-6-3-7(9)4-11-8(6)10/h3-5,12H,2H2,1H3. The van der Waals surface area contributed by atoms with E-state index in [-0.39, 0.29) is 6.42 Å². The molecule has 0 amide bonds. The van der Waals surface area contributed by atoms with Crippen molar-refractivity contribution in [3.05, 3.63) is 28.8 Å². The van der Waals surface area contributed by atoms with E-state index in [0.717, 1.165) is 0 Å². The highest BCUT2D eigenvalue weighted by Gasteiger charge is 2.06. The minimum absolute atomic E-state index is 0.236. The summed E-state index contributed by atoms with van der Waals surface area (Å²) in [5, 5.41) is 9.37. The fourth-order valence-electron chi connectivity index (χ4n) is 0.926. The van der Waals surface area contributed by atoms with Gasteiger partial charge in [0, 0.05) is 18.2 Å². The predicted molar refractivity (Wildman–Crippen MR) is 44.6 cm³/mol. The minimum atomic E-state index is -0.584. The fourth-order valence-corrected chi connectivity index (χ4v) is 1.11. The van der Waals surface area contributed by atoms with E-state index in [2.05, 4.69) is 4.98 Å². The molecule has 1 heterocycles. The van der Waals surface area contributed by atoms with Crippen LogP contribution in [0.25, 0.3) is 0 Å². The largest absolute Gasteiger partial charge is 0.393 e. The van der Waals surface area contributed by atoms with Crippen molar-refractivity contribution in [3.8, 4) is 0 Å². The molecular formula is C8H9ClFNO. The average Bonchev–Trinajstić information content (AvgIpc) is 1.96. The van der Waals surface area contributed by atoms with Gasteiger partial charge >= 0.3 is 0 Å². The molecule has 0 aliphatic heterocycles. The third-order valence-corrected chi connectivity index (χ3v) is 1.60. The molecule has 1 N–H and O–H groups in total. The van der Waals surface area contributed by atoms with Crippen LogP contribution in [0.5, 0.6) is 0 Å². The van der Waals surface area contributed by atoms with Crippen LogP contribution >= 0.6 is 11.6 Å². The summed E-state index contributed by atoms with van der Waals surface area (Å²) < 4.78 is 12.8. The molecular weight excluding hydrogens is 181 g/mol. The Morgan fingerprint density at radius 1 is 1.75 bits per heavy atom. The van der Waals surface area contributed by atoms with Crippen molar-refractivity contribution in [2.75, 3.05) is 0 Å². The Bertz CT molecular complexity index is 278. The van der Waals surface area contributed by atoms with Crippen LogP contribution in [0.15, 0.2) is 12.3 Å². The van der Waals surface area contributed by atoms with Gasteiger partial charge in [-0.1, -0.05) is 11.6 Å². The first-order chi connectivity index (χ1) is 5.59. The van der Waals surface area contributed by atoms with Crippen LogP contribution in [-0.2, 0) is 6.42 Å². The molecule has 0 fully saturated rings. The second-order valence-corrected chi connectivity index (χ2v) is 3.09. The number of aliphatic hydroxyl groups is 1. The van der Waals surface area contributed by atoms with E-state index in [9.17, 15) is 4.39 Å². The maximum atomic E-state index is 12.8. The number of aromatic nitrogens is 1. The van der Waals surface area contributed by atoms with Crippen molar-refractivity contribution in [3.63, 3.8) is 0 Å². The third kappa shape index (κ3) is 2.43. The normalized spacial score (nSPS) is 13.0. The monoisotopic (exact) mass is 189 g/mol. The van der Waals surface area contributed by atoms with Crippen LogP contribution in [0.4, 0.5) is 4.39 Å². The first kappa shape index (κ1) is 9.42. The number of hydrogen-bond acceptors (Lipinski definition) is 2. The fraction of sp³-hybridized carbons (Fsp3) is 0.375. The lowest BCUT2D eigenvalue weighted by Gasteiger charge is -2.04. The van der Waals surface area contributed by atoms with Gasteiger partial charge in [-0.2, -0.15) is 4.39 Å². The van der Waals surface area contributed by atoms with Gasteiger partial charge in [0.25, 0.3) is 0 Å². The zero-order valence-corrected chi connectivity index (χ0v) is 7.35. The highest BCUT2D eigenvalue weighted by atomic mass is 35.5. The highest BCUT2D eigenvalue weighted by Crippen LogP contribution is 2.13. The van der Waals surface area contributed by atoms with Crippen LogP contribution in [0.2, 0.25) is 5.02 Å². The lowest BCUT2D eigenvalue weighted by Crippen LogP contribution is -2.06. The van der Waals surface area contributed by atoms with Gasteiger partial charge in [0.1, 0.15) is 0 Å². The molecule has 1 unspecified atom stereocenters. The summed E-state index contributed by atoms with van der Waals surface area (Å²) in [5.41, 5.74) is 0.345. The smallest absolute Gasteiger partial charge is 0.216 e.